The minimum absolute atomic E-state index is 0.196. The van der Waals surface area contributed by atoms with Crippen LogP contribution in [0.2, 0.25) is 0 Å². The van der Waals surface area contributed by atoms with Gasteiger partial charge in [-0.3, -0.25) is 4.79 Å². The molecule has 7 heteroatoms. The number of rotatable bonds is 6. The van der Waals surface area contributed by atoms with Gasteiger partial charge in [0, 0.05) is 13.1 Å². The second-order valence-corrected chi connectivity index (χ2v) is 7.03. The summed E-state index contributed by atoms with van der Waals surface area (Å²) in [5.41, 5.74) is 0.888. The average molecular weight is 376 g/mol. The van der Waals surface area contributed by atoms with Crippen molar-refractivity contribution in [3.63, 3.8) is 0 Å². The number of carbonyl (C=O) groups is 1. The summed E-state index contributed by atoms with van der Waals surface area (Å²) in [7, 11) is 1.62. The number of methoxy groups -OCH3 is 1. The van der Waals surface area contributed by atoms with Gasteiger partial charge in [0.15, 0.2) is 16.7 Å². The average Bonchev–Trinajstić information content (AvgIpc) is 3.04. The number of nitrogens with zero attached hydrogens (tertiary/aromatic N) is 2. The Kier molecular flexibility index (Phi) is 6.57. The number of amides is 1. The van der Waals surface area contributed by atoms with Crippen LogP contribution in [0, 0.1) is 0 Å². The Hall–Kier alpha value is -1.99. The molecule has 2 aliphatic rings. The summed E-state index contributed by atoms with van der Waals surface area (Å²) >= 11 is 1.41. The molecular formula is C19H24N2O4S. The maximum Gasteiger partial charge on any atom is 0.286 e. The number of carbonyl (C=O) groups excluding carboxylic acids is 1. The van der Waals surface area contributed by atoms with Crippen molar-refractivity contribution >= 4 is 28.9 Å². The molecule has 0 aliphatic carbocycles. The van der Waals surface area contributed by atoms with Crippen molar-refractivity contribution in [1.82, 2.24) is 4.90 Å². The summed E-state index contributed by atoms with van der Waals surface area (Å²) in [6.07, 6.45) is 3.93. The van der Waals surface area contributed by atoms with Gasteiger partial charge in [0.25, 0.3) is 5.91 Å². The molecule has 0 atom stereocenters. The van der Waals surface area contributed by atoms with Gasteiger partial charge in [-0.25, -0.2) is 0 Å². The highest BCUT2D eigenvalue weighted by molar-refractivity contribution is 8.18. The number of amidine groups is 1. The van der Waals surface area contributed by atoms with Crippen molar-refractivity contribution in [1.29, 1.82) is 0 Å². The number of ether oxygens (including phenoxy) is 3. The molecule has 0 bridgehead atoms. The summed E-state index contributed by atoms with van der Waals surface area (Å²) in [5, 5.41) is 0.760. The molecule has 0 spiro atoms. The number of morpholine rings is 1. The van der Waals surface area contributed by atoms with Gasteiger partial charge >= 0.3 is 0 Å². The molecule has 1 aromatic carbocycles. The first-order valence-electron chi connectivity index (χ1n) is 8.87. The van der Waals surface area contributed by atoms with E-state index in [1.807, 2.05) is 24.3 Å². The zero-order valence-corrected chi connectivity index (χ0v) is 16.0. The second kappa shape index (κ2) is 9.09. The molecule has 0 radical (unpaired) electrons. The van der Waals surface area contributed by atoms with Crippen molar-refractivity contribution in [3.05, 3.63) is 28.7 Å². The molecule has 1 saturated heterocycles. The van der Waals surface area contributed by atoms with E-state index in [9.17, 15) is 4.79 Å². The zero-order valence-electron chi connectivity index (χ0n) is 15.2. The van der Waals surface area contributed by atoms with E-state index >= 15 is 0 Å². The first kappa shape index (κ1) is 18.8. The molecule has 0 N–H and O–H groups in total. The fourth-order valence-electron chi connectivity index (χ4n) is 2.66. The number of thioether (sulfide) groups is 1. The van der Waals surface area contributed by atoms with Gasteiger partial charge in [0.2, 0.25) is 0 Å². The molecule has 2 heterocycles. The van der Waals surface area contributed by atoms with Crippen molar-refractivity contribution in [2.24, 2.45) is 4.99 Å². The van der Waals surface area contributed by atoms with E-state index in [1.165, 1.54) is 11.8 Å². The predicted molar refractivity (Wildman–Crippen MR) is 104 cm³/mol. The van der Waals surface area contributed by atoms with E-state index in [0.717, 1.165) is 42.4 Å². The van der Waals surface area contributed by atoms with Gasteiger partial charge in [0.05, 0.1) is 31.8 Å². The van der Waals surface area contributed by atoms with Crippen LogP contribution in [0.25, 0.3) is 6.08 Å². The minimum atomic E-state index is -0.196. The van der Waals surface area contributed by atoms with Crippen LogP contribution in [-0.2, 0) is 9.53 Å². The highest BCUT2D eigenvalue weighted by Gasteiger charge is 2.27. The molecule has 1 fully saturated rings. The molecule has 0 aromatic heterocycles. The lowest BCUT2D eigenvalue weighted by molar-refractivity contribution is -0.113. The number of aliphatic imine (C=N–C) groups is 1. The van der Waals surface area contributed by atoms with Crippen LogP contribution < -0.4 is 9.47 Å². The van der Waals surface area contributed by atoms with Gasteiger partial charge in [-0.2, -0.15) is 4.99 Å². The van der Waals surface area contributed by atoms with Crippen LogP contribution in [0.4, 0.5) is 0 Å². The molecule has 140 valence electrons. The monoisotopic (exact) mass is 376 g/mol. The molecule has 1 amide bonds. The summed E-state index contributed by atoms with van der Waals surface area (Å²) in [5.74, 6) is 1.19. The van der Waals surface area contributed by atoms with Gasteiger partial charge in [-0.05, 0) is 42.0 Å². The molecule has 0 unspecified atom stereocenters. The molecule has 1 aromatic rings. The Morgan fingerprint density at radius 2 is 2.12 bits per heavy atom. The third-order valence-corrected chi connectivity index (χ3v) is 5.18. The van der Waals surface area contributed by atoms with E-state index in [4.69, 9.17) is 14.2 Å². The summed E-state index contributed by atoms with van der Waals surface area (Å²) in [6.45, 7) is 5.67. The van der Waals surface area contributed by atoms with Gasteiger partial charge in [-0.1, -0.05) is 19.4 Å². The summed E-state index contributed by atoms with van der Waals surface area (Å²) in [4.78, 5) is 19.1. The maximum atomic E-state index is 12.2. The molecule has 26 heavy (non-hydrogen) atoms. The summed E-state index contributed by atoms with van der Waals surface area (Å²) < 4.78 is 16.5. The van der Waals surface area contributed by atoms with Crippen LogP contribution in [-0.4, -0.2) is 56.0 Å². The fourth-order valence-corrected chi connectivity index (χ4v) is 3.62. The van der Waals surface area contributed by atoms with Crippen molar-refractivity contribution in [2.45, 2.75) is 19.8 Å². The van der Waals surface area contributed by atoms with E-state index in [1.54, 1.807) is 7.11 Å². The van der Waals surface area contributed by atoms with Gasteiger partial charge in [-0.15, -0.1) is 0 Å². The highest BCUT2D eigenvalue weighted by Crippen LogP contribution is 2.33. The smallest absolute Gasteiger partial charge is 0.286 e. The zero-order chi connectivity index (χ0) is 18.4. The van der Waals surface area contributed by atoms with Gasteiger partial charge < -0.3 is 19.1 Å². The first-order valence-corrected chi connectivity index (χ1v) is 9.69. The van der Waals surface area contributed by atoms with Crippen molar-refractivity contribution in [3.8, 4) is 11.5 Å². The number of hydrogen-bond acceptors (Lipinski definition) is 6. The third-order valence-electron chi connectivity index (χ3n) is 4.13. The van der Waals surface area contributed by atoms with E-state index < -0.39 is 0 Å². The number of benzene rings is 1. The lowest BCUT2D eigenvalue weighted by Gasteiger charge is -2.27. The first-order chi connectivity index (χ1) is 12.7. The normalized spacial score (nSPS) is 19.0. The largest absolute Gasteiger partial charge is 0.493 e. The van der Waals surface area contributed by atoms with Crippen LogP contribution >= 0.6 is 11.8 Å². The second-order valence-electron chi connectivity index (χ2n) is 6.02. The van der Waals surface area contributed by atoms with Crippen LogP contribution in [0.15, 0.2) is 28.1 Å². The van der Waals surface area contributed by atoms with Gasteiger partial charge in [0.1, 0.15) is 0 Å². The minimum Gasteiger partial charge on any atom is -0.493 e. The quantitative estimate of drug-likeness (QED) is 0.561. The van der Waals surface area contributed by atoms with Crippen LogP contribution in [0.1, 0.15) is 25.3 Å². The molecule has 6 nitrogen and oxygen atoms in total. The Bertz CT molecular complexity index is 711. The Balaban J connectivity index is 1.70. The standard InChI is InChI=1S/C19H24N2O4S/c1-3-4-9-25-15-6-5-14(12-16(15)23-2)13-17-18(22)20-19(26-17)21-7-10-24-11-8-21/h5-6,12-13H,3-4,7-11H2,1-2H3/b17-13-. The third kappa shape index (κ3) is 4.59. The van der Waals surface area contributed by atoms with Crippen molar-refractivity contribution < 1.29 is 19.0 Å². The maximum absolute atomic E-state index is 12.2. The lowest BCUT2D eigenvalue weighted by Crippen LogP contribution is -2.38. The lowest BCUT2D eigenvalue weighted by atomic mass is 10.2. The molecule has 2 aliphatic heterocycles. The van der Waals surface area contributed by atoms with Crippen LogP contribution in [0.3, 0.4) is 0 Å². The fraction of sp³-hybridized carbons (Fsp3) is 0.474. The van der Waals surface area contributed by atoms with Crippen molar-refractivity contribution in [2.75, 3.05) is 40.0 Å². The topological polar surface area (TPSA) is 60.4 Å². The number of unbranched alkanes of at least 4 members (excludes halogenated alkanes) is 1. The Labute approximate surface area is 158 Å². The van der Waals surface area contributed by atoms with Crippen LogP contribution in [0.5, 0.6) is 11.5 Å². The van der Waals surface area contributed by atoms with E-state index in [0.29, 0.717) is 30.5 Å². The van der Waals surface area contributed by atoms with E-state index in [2.05, 4.69) is 16.8 Å². The number of hydrogen-bond donors (Lipinski definition) is 0. The molecule has 0 saturated carbocycles. The van der Waals surface area contributed by atoms with E-state index in [-0.39, 0.29) is 5.91 Å². The highest BCUT2D eigenvalue weighted by atomic mass is 32.2. The Morgan fingerprint density at radius 3 is 2.85 bits per heavy atom. The molecular weight excluding hydrogens is 352 g/mol. The predicted octanol–water partition coefficient (Wildman–Crippen LogP) is 3.18. The SMILES string of the molecule is CCCCOc1ccc(/C=C2\SC(N3CCOCC3)=NC2=O)cc1OC. The molecule has 3 rings (SSSR count). The Morgan fingerprint density at radius 1 is 1.31 bits per heavy atom. The summed E-state index contributed by atoms with van der Waals surface area (Å²) in [6, 6.07) is 5.70.